The molecule has 1 rings (SSSR count). The molecule has 0 saturated carbocycles. The molecule has 0 saturated heterocycles. The van der Waals surface area contributed by atoms with Gasteiger partial charge in [-0.15, -0.1) is 0 Å². The molecule has 2 unspecified atom stereocenters. The Hall–Kier alpha value is -1.40. The molecule has 0 radical (unpaired) electrons. The van der Waals surface area contributed by atoms with Crippen LogP contribution in [0.2, 0.25) is 0 Å². The van der Waals surface area contributed by atoms with Crippen LogP contribution in [0.3, 0.4) is 0 Å². The molecule has 0 aliphatic heterocycles. The molecule has 24 heavy (non-hydrogen) atoms. The molecule has 0 aliphatic carbocycles. The number of aromatic nitrogens is 1. The van der Waals surface area contributed by atoms with Gasteiger partial charge in [-0.1, -0.05) is 58.3 Å². The summed E-state index contributed by atoms with van der Waals surface area (Å²) >= 11 is 0. The Kier molecular flexibility index (Phi) is 10.4. The summed E-state index contributed by atoms with van der Waals surface area (Å²) in [6.45, 7) is 4.42. The van der Waals surface area contributed by atoms with E-state index >= 15 is 0 Å². The number of aliphatic hydroxyl groups is 1. The zero-order valence-electron chi connectivity index (χ0n) is 15.1. The Morgan fingerprint density at radius 3 is 2.38 bits per heavy atom. The molecule has 0 spiro atoms. The molecular formula is C18H33N3O3. The highest BCUT2D eigenvalue weighted by Crippen LogP contribution is 2.13. The average molecular weight is 339 g/mol. The minimum atomic E-state index is -0.776. The third-order valence-corrected chi connectivity index (χ3v) is 4.13. The molecule has 6 heteroatoms. The molecule has 4 N–H and O–H groups in total. The highest BCUT2D eigenvalue weighted by Gasteiger charge is 2.20. The number of carbonyl (C=O) groups excluding carboxylic acids is 1. The number of hydrogen-bond acceptors (Lipinski definition) is 5. The smallest absolute Gasteiger partial charge is 0.273 e. The third kappa shape index (κ3) is 7.93. The van der Waals surface area contributed by atoms with Crippen molar-refractivity contribution in [2.24, 2.45) is 5.73 Å². The summed E-state index contributed by atoms with van der Waals surface area (Å²) in [7, 11) is 0. The number of oxazole rings is 1. The number of nitrogens with one attached hydrogen (secondary N) is 1. The van der Waals surface area contributed by atoms with Crippen molar-refractivity contribution in [1.82, 2.24) is 10.3 Å². The minimum Gasteiger partial charge on any atom is -0.446 e. The standard InChI is InChI=1S/C18H33N3O3/c1-3-4-5-6-7-8-9-10-11-12-20-17(23)15-13-24-18(21-15)16(19)14(2)22/h13-14,16,22H,3-12,19H2,1-2H3,(H,20,23). The molecule has 138 valence electrons. The van der Waals surface area contributed by atoms with Crippen molar-refractivity contribution in [3.05, 3.63) is 17.8 Å². The van der Waals surface area contributed by atoms with E-state index in [1.807, 2.05) is 0 Å². The Labute approximate surface area is 145 Å². The van der Waals surface area contributed by atoms with Crippen LogP contribution >= 0.6 is 0 Å². The fraction of sp³-hybridized carbons (Fsp3) is 0.778. The largest absolute Gasteiger partial charge is 0.446 e. The van der Waals surface area contributed by atoms with E-state index in [4.69, 9.17) is 10.2 Å². The van der Waals surface area contributed by atoms with E-state index in [9.17, 15) is 9.90 Å². The van der Waals surface area contributed by atoms with E-state index in [0.717, 1.165) is 12.8 Å². The number of unbranched alkanes of at least 4 members (excludes halogenated alkanes) is 8. The van der Waals surface area contributed by atoms with Crippen molar-refractivity contribution < 1.29 is 14.3 Å². The predicted molar refractivity (Wildman–Crippen MR) is 94.7 cm³/mol. The second kappa shape index (κ2) is 12.0. The van der Waals surface area contributed by atoms with Crippen molar-refractivity contribution in [1.29, 1.82) is 0 Å². The molecule has 0 fully saturated rings. The summed E-state index contributed by atoms with van der Waals surface area (Å²) in [5.74, 6) is -0.0828. The molecule has 0 aromatic carbocycles. The maximum atomic E-state index is 11.9. The topological polar surface area (TPSA) is 101 Å². The van der Waals surface area contributed by atoms with E-state index in [-0.39, 0.29) is 17.5 Å². The van der Waals surface area contributed by atoms with Crippen molar-refractivity contribution >= 4 is 5.91 Å². The molecule has 1 aromatic rings. The van der Waals surface area contributed by atoms with E-state index in [0.29, 0.717) is 6.54 Å². The molecule has 2 atom stereocenters. The fourth-order valence-corrected chi connectivity index (χ4v) is 2.48. The van der Waals surface area contributed by atoms with Crippen LogP contribution < -0.4 is 11.1 Å². The fourth-order valence-electron chi connectivity index (χ4n) is 2.48. The lowest BCUT2D eigenvalue weighted by Crippen LogP contribution is -2.26. The number of rotatable bonds is 13. The number of carbonyl (C=O) groups is 1. The molecule has 0 bridgehead atoms. The number of nitrogens with zero attached hydrogens (tertiary/aromatic N) is 1. The number of hydrogen-bond donors (Lipinski definition) is 3. The lowest BCUT2D eigenvalue weighted by molar-refractivity contribution is 0.0947. The van der Waals surface area contributed by atoms with Crippen LogP contribution in [0.25, 0.3) is 0 Å². The Morgan fingerprint density at radius 2 is 1.79 bits per heavy atom. The van der Waals surface area contributed by atoms with E-state index in [2.05, 4.69) is 17.2 Å². The van der Waals surface area contributed by atoms with Gasteiger partial charge in [-0.2, -0.15) is 0 Å². The summed E-state index contributed by atoms with van der Waals surface area (Å²) in [6.07, 6.45) is 11.8. The molecular weight excluding hydrogens is 306 g/mol. The van der Waals surface area contributed by atoms with Crippen molar-refractivity contribution in [2.75, 3.05) is 6.54 Å². The number of aliphatic hydroxyl groups excluding tert-OH is 1. The van der Waals surface area contributed by atoms with Gasteiger partial charge in [0.25, 0.3) is 5.91 Å². The van der Waals surface area contributed by atoms with Crippen LogP contribution in [-0.4, -0.2) is 28.6 Å². The van der Waals surface area contributed by atoms with Crippen molar-refractivity contribution in [3.8, 4) is 0 Å². The second-order valence-corrected chi connectivity index (χ2v) is 6.42. The highest BCUT2D eigenvalue weighted by molar-refractivity contribution is 5.91. The SMILES string of the molecule is CCCCCCCCCCCNC(=O)c1coc(C(N)C(C)O)n1. The third-order valence-electron chi connectivity index (χ3n) is 4.13. The quantitative estimate of drug-likeness (QED) is 0.479. The lowest BCUT2D eigenvalue weighted by atomic mass is 10.1. The van der Waals surface area contributed by atoms with Gasteiger partial charge >= 0.3 is 0 Å². The van der Waals surface area contributed by atoms with Crippen molar-refractivity contribution in [3.63, 3.8) is 0 Å². The lowest BCUT2D eigenvalue weighted by Gasteiger charge is -2.09. The van der Waals surface area contributed by atoms with E-state index < -0.39 is 12.1 Å². The molecule has 0 aliphatic rings. The maximum absolute atomic E-state index is 11.9. The van der Waals surface area contributed by atoms with Gasteiger partial charge in [0.2, 0.25) is 5.89 Å². The summed E-state index contributed by atoms with van der Waals surface area (Å²) in [4.78, 5) is 16.0. The van der Waals surface area contributed by atoms with Gasteiger partial charge in [-0.3, -0.25) is 4.79 Å². The van der Waals surface area contributed by atoms with Gasteiger partial charge in [0.05, 0.1) is 6.10 Å². The van der Waals surface area contributed by atoms with Gasteiger partial charge in [0, 0.05) is 6.54 Å². The molecule has 1 amide bonds. The van der Waals surface area contributed by atoms with Crippen LogP contribution in [0.4, 0.5) is 0 Å². The monoisotopic (exact) mass is 339 g/mol. The zero-order chi connectivity index (χ0) is 17.8. The summed E-state index contributed by atoms with van der Waals surface area (Å²) < 4.78 is 5.15. The maximum Gasteiger partial charge on any atom is 0.273 e. The number of nitrogens with two attached hydrogens (primary N) is 1. The Morgan fingerprint density at radius 1 is 1.21 bits per heavy atom. The van der Waals surface area contributed by atoms with Crippen LogP contribution in [0.1, 0.15) is 94.1 Å². The normalized spacial score (nSPS) is 13.7. The van der Waals surface area contributed by atoms with E-state index in [1.165, 1.54) is 51.2 Å². The van der Waals surface area contributed by atoms with Crippen LogP contribution in [-0.2, 0) is 0 Å². The predicted octanol–water partition coefficient (Wildman–Crippen LogP) is 3.32. The van der Waals surface area contributed by atoms with Gasteiger partial charge in [-0.25, -0.2) is 4.98 Å². The van der Waals surface area contributed by atoms with Gasteiger partial charge in [0.15, 0.2) is 5.69 Å². The Balaban J connectivity index is 2.10. The van der Waals surface area contributed by atoms with Crippen LogP contribution in [0.15, 0.2) is 10.7 Å². The Bertz CT molecular complexity index is 460. The number of amides is 1. The second-order valence-electron chi connectivity index (χ2n) is 6.42. The first-order valence-corrected chi connectivity index (χ1v) is 9.23. The molecule has 1 aromatic heterocycles. The first kappa shape index (κ1) is 20.6. The van der Waals surface area contributed by atoms with Crippen molar-refractivity contribution in [2.45, 2.75) is 83.8 Å². The molecule has 6 nitrogen and oxygen atoms in total. The summed E-state index contributed by atoms with van der Waals surface area (Å²) in [5, 5.41) is 12.2. The highest BCUT2D eigenvalue weighted by atomic mass is 16.3. The average Bonchev–Trinajstić information content (AvgIpc) is 3.05. The van der Waals surface area contributed by atoms with Crippen LogP contribution in [0.5, 0.6) is 0 Å². The summed E-state index contributed by atoms with van der Waals surface area (Å²) in [5.41, 5.74) is 5.93. The van der Waals surface area contributed by atoms with Gasteiger partial charge in [-0.05, 0) is 13.3 Å². The molecule has 1 heterocycles. The zero-order valence-corrected chi connectivity index (χ0v) is 15.1. The van der Waals surface area contributed by atoms with E-state index in [1.54, 1.807) is 6.92 Å². The minimum absolute atomic E-state index is 0.179. The van der Waals surface area contributed by atoms with Crippen LogP contribution in [0, 0.1) is 0 Å². The van der Waals surface area contributed by atoms with Gasteiger partial charge < -0.3 is 20.6 Å². The first-order chi connectivity index (χ1) is 11.6. The summed E-state index contributed by atoms with van der Waals surface area (Å²) in [6, 6.07) is -0.719. The first-order valence-electron chi connectivity index (χ1n) is 9.23. The van der Waals surface area contributed by atoms with Gasteiger partial charge in [0.1, 0.15) is 12.3 Å².